The lowest BCUT2D eigenvalue weighted by atomic mass is 10.2. The fraction of sp³-hybridized carbons (Fsp3) is 0. The first-order valence-corrected chi connectivity index (χ1v) is 5.56. The number of hydrogen-bond donors (Lipinski definition) is 0. The van der Waals surface area contributed by atoms with Gasteiger partial charge in [0.05, 0.1) is 4.47 Å². The van der Waals surface area contributed by atoms with Crippen LogP contribution in [-0.4, -0.2) is 9.36 Å². The maximum absolute atomic E-state index is 13.5. The van der Waals surface area contributed by atoms with Crippen molar-refractivity contribution in [3.63, 3.8) is 0 Å². The third-order valence-electron chi connectivity index (χ3n) is 1.58. The minimum atomic E-state index is -0.347. The number of aromatic nitrogens is 2. The molecule has 0 aliphatic heterocycles. The van der Waals surface area contributed by atoms with Crippen molar-refractivity contribution < 1.29 is 4.39 Å². The standard InChI is InChI=1S/C8H3BrClFN2S/c9-5-3-1-2-4(6(5)11)7-12-8(10)13-14-7/h1-3H. The Balaban J connectivity index is 2.57. The van der Waals surface area contributed by atoms with Gasteiger partial charge in [-0.3, -0.25) is 0 Å². The predicted molar refractivity (Wildman–Crippen MR) is 58.0 cm³/mol. The zero-order valence-electron chi connectivity index (χ0n) is 6.67. The lowest BCUT2D eigenvalue weighted by molar-refractivity contribution is 0.624. The summed E-state index contributed by atoms with van der Waals surface area (Å²) in [6.45, 7) is 0. The summed E-state index contributed by atoms with van der Waals surface area (Å²) >= 11 is 9.73. The van der Waals surface area contributed by atoms with Crippen molar-refractivity contribution in [2.45, 2.75) is 0 Å². The maximum Gasteiger partial charge on any atom is 0.234 e. The molecule has 0 saturated carbocycles. The van der Waals surface area contributed by atoms with E-state index >= 15 is 0 Å². The molecular formula is C8H3BrClFN2S. The van der Waals surface area contributed by atoms with Crippen molar-refractivity contribution >= 4 is 39.1 Å². The average molecular weight is 294 g/mol. The van der Waals surface area contributed by atoms with E-state index in [1.54, 1.807) is 18.2 Å². The molecule has 6 heteroatoms. The Labute approximate surface area is 97.0 Å². The van der Waals surface area contributed by atoms with Gasteiger partial charge in [-0.1, -0.05) is 6.07 Å². The van der Waals surface area contributed by atoms with Crippen LogP contribution >= 0.6 is 39.1 Å². The van der Waals surface area contributed by atoms with Gasteiger partial charge in [0.15, 0.2) is 0 Å². The molecule has 0 saturated heterocycles. The van der Waals surface area contributed by atoms with Crippen molar-refractivity contribution in [1.82, 2.24) is 9.36 Å². The van der Waals surface area contributed by atoms with E-state index in [0.717, 1.165) is 11.5 Å². The van der Waals surface area contributed by atoms with Crippen molar-refractivity contribution in [3.05, 3.63) is 33.8 Å². The zero-order valence-corrected chi connectivity index (χ0v) is 9.83. The van der Waals surface area contributed by atoms with Crippen LogP contribution in [0.5, 0.6) is 0 Å². The van der Waals surface area contributed by atoms with Crippen LogP contribution in [0.4, 0.5) is 4.39 Å². The highest BCUT2D eigenvalue weighted by molar-refractivity contribution is 9.10. The molecule has 0 spiro atoms. The SMILES string of the molecule is Fc1c(Br)cccc1-c1nc(Cl)ns1. The van der Waals surface area contributed by atoms with Gasteiger partial charge in [0.2, 0.25) is 5.28 Å². The van der Waals surface area contributed by atoms with E-state index in [1.807, 2.05) is 0 Å². The number of halogens is 3. The summed E-state index contributed by atoms with van der Waals surface area (Å²) in [6.07, 6.45) is 0. The van der Waals surface area contributed by atoms with Crippen LogP contribution in [-0.2, 0) is 0 Å². The molecule has 0 radical (unpaired) electrons. The van der Waals surface area contributed by atoms with E-state index in [1.165, 1.54) is 0 Å². The van der Waals surface area contributed by atoms with Crippen LogP contribution in [0.1, 0.15) is 0 Å². The first-order valence-electron chi connectivity index (χ1n) is 3.62. The van der Waals surface area contributed by atoms with Crippen molar-refractivity contribution in [2.75, 3.05) is 0 Å². The average Bonchev–Trinajstić information content (AvgIpc) is 2.57. The number of benzene rings is 1. The van der Waals surface area contributed by atoms with Crippen LogP contribution in [0.15, 0.2) is 22.7 Å². The van der Waals surface area contributed by atoms with Crippen molar-refractivity contribution in [1.29, 1.82) is 0 Å². The molecule has 0 amide bonds. The van der Waals surface area contributed by atoms with Gasteiger partial charge >= 0.3 is 0 Å². The molecule has 1 heterocycles. The fourth-order valence-corrected chi connectivity index (χ4v) is 2.17. The fourth-order valence-electron chi connectivity index (χ4n) is 0.984. The summed E-state index contributed by atoms with van der Waals surface area (Å²) in [5.74, 6) is -0.347. The Morgan fingerprint density at radius 1 is 1.43 bits per heavy atom. The molecule has 2 aromatic rings. The molecule has 1 aromatic heterocycles. The normalized spacial score (nSPS) is 10.5. The second kappa shape index (κ2) is 3.92. The largest absolute Gasteiger partial charge is 0.234 e. The molecule has 0 fully saturated rings. The summed E-state index contributed by atoms with van der Waals surface area (Å²) in [5.41, 5.74) is 0.406. The van der Waals surface area contributed by atoms with E-state index in [-0.39, 0.29) is 11.1 Å². The molecule has 72 valence electrons. The van der Waals surface area contributed by atoms with Gasteiger partial charge in [-0.15, -0.1) is 0 Å². The number of hydrogen-bond acceptors (Lipinski definition) is 3. The lowest BCUT2D eigenvalue weighted by Crippen LogP contribution is -1.84. The van der Waals surface area contributed by atoms with E-state index < -0.39 is 0 Å². The van der Waals surface area contributed by atoms with E-state index in [4.69, 9.17) is 11.6 Å². The summed E-state index contributed by atoms with van der Waals surface area (Å²) in [5, 5.41) is 0.623. The summed E-state index contributed by atoms with van der Waals surface area (Å²) in [4.78, 5) is 3.89. The van der Waals surface area contributed by atoms with Gasteiger partial charge in [0.1, 0.15) is 10.8 Å². The molecule has 0 atom stereocenters. The predicted octanol–water partition coefficient (Wildman–Crippen LogP) is 3.76. The van der Waals surface area contributed by atoms with Crippen molar-refractivity contribution in [2.24, 2.45) is 0 Å². The Bertz CT molecular complexity index is 474. The molecule has 0 bridgehead atoms. The molecule has 2 nitrogen and oxygen atoms in total. The zero-order chi connectivity index (χ0) is 10.1. The van der Waals surface area contributed by atoms with Gasteiger partial charge in [-0.2, -0.15) is 4.37 Å². The van der Waals surface area contributed by atoms with Gasteiger partial charge in [-0.25, -0.2) is 9.37 Å². The Morgan fingerprint density at radius 3 is 2.86 bits per heavy atom. The number of nitrogens with zero attached hydrogens (tertiary/aromatic N) is 2. The van der Waals surface area contributed by atoms with Gasteiger partial charge < -0.3 is 0 Å². The van der Waals surface area contributed by atoms with E-state index in [2.05, 4.69) is 25.3 Å². The van der Waals surface area contributed by atoms with Crippen LogP contribution < -0.4 is 0 Å². The Kier molecular flexibility index (Phi) is 2.80. The highest BCUT2D eigenvalue weighted by Crippen LogP contribution is 2.29. The molecule has 14 heavy (non-hydrogen) atoms. The van der Waals surface area contributed by atoms with E-state index in [0.29, 0.717) is 15.0 Å². The molecule has 2 rings (SSSR count). The lowest BCUT2D eigenvalue weighted by Gasteiger charge is -1.99. The van der Waals surface area contributed by atoms with Crippen LogP contribution in [0, 0.1) is 5.82 Å². The maximum atomic E-state index is 13.5. The minimum Gasteiger partial charge on any atom is -0.205 e. The minimum absolute atomic E-state index is 0.143. The van der Waals surface area contributed by atoms with Crippen LogP contribution in [0.2, 0.25) is 5.28 Å². The third-order valence-corrected chi connectivity index (χ3v) is 3.21. The second-order valence-electron chi connectivity index (χ2n) is 2.47. The molecule has 1 aromatic carbocycles. The Hall–Kier alpha value is -0.520. The summed E-state index contributed by atoms with van der Waals surface area (Å²) in [6, 6.07) is 5.00. The summed E-state index contributed by atoms with van der Waals surface area (Å²) in [7, 11) is 0. The van der Waals surface area contributed by atoms with Gasteiger partial charge in [-0.05, 0) is 51.2 Å². The first-order chi connectivity index (χ1) is 6.68. The first kappa shape index (κ1) is 10.0. The molecule has 0 aliphatic carbocycles. The topological polar surface area (TPSA) is 25.8 Å². The molecular weight excluding hydrogens is 291 g/mol. The van der Waals surface area contributed by atoms with Gasteiger partial charge in [0, 0.05) is 5.56 Å². The quantitative estimate of drug-likeness (QED) is 0.800. The van der Waals surface area contributed by atoms with Gasteiger partial charge in [0.25, 0.3) is 0 Å². The van der Waals surface area contributed by atoms with Crippen molar-refractivity contribution in [3.8, 4) is 10.6 Å². The molecule has 0 unspecified atom stereocenters. The highest BCUT2D eigenvalue weighted by atomic mass is 79.9. The highest BCUT2D eigenvalue weighted by Gasteiger charge is 2.11. The second-order valence-corrected chi connectivity index (χ2v) is 4.41. The van der Waals surface area contributed by atoms with Crippen LogP contribution in [0.3, 0.4) is 0 Å². The molecule has 0 aliphatic rings. The monoisotopic (exact) mass is 292 g/mol. The van der Waals surface area contributed by atoms with Crippen LogP contribution in [0.25, 0.3) is 10.6 Å². The number of rotatable bonds is 1. The van der Waals surface area contributed by atoms with E-state index in [9.17, 15) is 4.39 Å². The Morgan fingerprint density at radius 2 is 2.21 bits per heavy atom. The smallest absolute Gasteiger partial charge is 0.205 e. The third kappa shape index (κ3) is 1.80. The summed E-state index contributed by atoms with van der Waals surface area (Å²) < 4.78 is 17.7. The molecule has 0 N–H and O–H groups in total.